The third kappa shape index (κ3) is 4.62. The minimum atomic E-state index is 0.439. The van der Waals surface area contributed by atoms with Crippen LogP contribution in [0.4, 0.5) is 5.82 Å². The average molecular weight is 428 g/mol. The molecule has 5 heterocycles. The van der Waals surface area contributed by atoms with Crippen molar-refractivity contribution in [3.8, 4) is 0 Å². The fourth-order valence-corrected chi connectivity index (χ4v) is 4.46. The summed E-state index contributed by atoms with van der Waals surface area (Å²) in [4.78, 5) is 21.4. The van der Waals surface area contributed by atoms with Gasteiger partial charge in [-0.1, -0.05) is 0 Å². The van der Waals surface area contributed by atoms with Gasteiger partial charge in [0.25, 0.3) is 0 Å². The second-order valence-corrected chi connectivity index (χ2v) is 8.79. The Balaban J connectivity index is 1.49. The van der Waals surface area contributed by atoms with Gasteiger partial charge >= 0.3 is 0 Å². The van der Waals surface area contributed by atoms with E-state index in [2.05, 4.69) is 65.6 Å². The van der Waals surface area contributed by atoms with Crippen LogP contribution in [0.5, 0.6) is 0 Å². The van der Waals surface area contributed by atoms with Crippen molar-refractivity contribution in [3.63, 3.8) is 0 Å². The van der Waals surface area contributed by atoms with Crippen LogP contribution in [0.1, 0.15) is 41.0 Å². The Hall–Kier alpha value is -3.32. The fraction of sp³-hybridized carbons (Fsp3) is 0.360. The number of aryl methyl sites for hydroxylation is 2. The van der Waals surface area contributed by atoms with Gasteiger partial charge in [0, 0.05) is 68.1 Å². The standard InChI is InChI=1S/C25H29N7/c1-17-10-18(2)28-21(11-17)14-23-29-22(12-20-4-7-31-8-6-27-24(31)13-20)15-25(30-23)32-9-5-26-19(3)16-32/h4,6-8,10-11,13,15,19,26H,5,9,12,14,16H2,1-3H3/t19-/m0/s1. The maximum absolute atomic E-state index is 4.96. The molecule has 0 aliphatic carbocycles. The summed E-state index contributed by atoms with van der Waals surface area (Å²) in [6.07, 6.45) is 7.21. The van der Waals surface area contributed by atoms with Crippen LogP contribution in [-0.2, 0) is 12.8 Å². The van der Waals surface area contributed by atoms with Crippen molar-refractivity contribution >= 4 is 11.5 Å². The van der Waals surface area contributed by atoms with E-state index in [4.69, 9.17) is 15.0 Å². The van der Waals surface area contributed by atoms with E-state index in [0.717, 1.165) is 60.4 Å². The van der Waals surface area contributed by atoms with E-state index in [1.54, 1.807) is 0 Å². The molecule has 164 valence electrons. The van der Waals surface area contributed by atoms with E-state index in [1.165, 1.54) is 11.1 Å². The summed E-state index contributed by atoms with van der Waals surface area (Å²) in [5.74, 6) is 1.83. The van der Waals surface area contributed by atoms with Crippen LogP contribution >= 0.6 is 0 Å². The number of nitrogens with zero attached hydrogens (tertiary/aromatic N) is 6. The van der Waals surface area contributed by atoms with E-state index in [9.17, 15) is 0 Å². The fourth-order valence-electron chi connectivity index (χ4n) is 4.46. The smallest absolute Gasteiger partial charge is 0.136 e. The van der Waals surface area contributed by atoms with Crippen molar-refractivity contribution in [3.05, 3.63) is 83.0 Å². The van der Waals surface area contributed by atoms with Crippen LogP contribution in [0.25, 0.3) is 5.65 Å². The molecule has 7 heteroatoms. The van der Waals surface area contributed by atoms with E-state index >= 15 is 0 Å². The van der Waals surface area contributed by atoms with Crippen LogP contribution < -0.4 is 10.2 Å². The first-order valence-electron chi connectivity index (χ1n) is 11.2. The van der Waals surface area contributed by atoms with E-state index in [0.29, 0.717) is 12.5 Å². The molecule has 0 amide bonds. The Bertz CT molecular complexity index is 1230. The molecule has 4 aromatic rings. The molecular formula is C25H29N7. The van der Waals surface area contributed by atoms with Gasteiger partial charge in [0.05, 0.1) is 12.1 Å². The highest BCUT2D eigenvalue weighted by Crippen LogP contribution is 2.19. The Morgan fingerprint density at radius 1 is 1.00 bits per heavy atom. The maximum Gasteiger partial charge on any atom is 0.136 e. The second kappa shape index (κ2) is 8.67. The maximum atomic E-state index is 4.96. The number of nitrogens with one attached hydrogen (secondary N) is 1. The number of piperazine rings is 1. The number of pyridine rings is 2. The highest BCUT2D eigenvalue weighted by atomic mass is 15.2. The first-order chi connectivity index (χ1) is 15.5. The first-order valence-corrected chi connectivity index (χ1v) is 11.2. The molecule has 0 radical (unpaired) electrons. The van der Waals surface area contributed by atoms with Crippen LogP contribution in [-0.4, -0.2) is 50.0 Å². The zero-order valence-corrected chi connectivity index (χ0v) is 18.9. The number of aromatic nitrogens is 5. The lowest BCUT2D eigenvalue weighted by Crippen LogP contribution is -2.49. The highest BCUT2D eigenvalue weighted by Gasteiger charge is 2.19. The summed E-state index contributed by atoms with van der Waals surface area (Å²) in [6.45, 7) is 9.21. The second-order valence-electron chi connectivity index (χ2n) is 8.79. The molecule has 5 rings (SSSR count). The molecular weight excluding hydrogens is 398 g/mol. The van der Waals surface area contributed by atoms with Crippen molar-refractivity contribution in [2.24, 2.45) is 0 Å². The van der Waals surface area contributed by atoms with Gasteiger partial charge in [-0.05, 0) is 56.2 Å². The largest absolute Gasteiger partial charge is 0.354 e. The molecule has 32 heavy (non-hydrogen) atoms. The summed E-state index contributed by atoms with van der Waals surface area (Å²) >= 11 is 0. The molecule has 0 unspecified atom stereocenters. The lowest BCUT2D eigenvalue weighted by Gasteiger charge is -2.33. The number of fused-ring (bicyclic) bond motifs is 1. The van der Waals surface area contributed by atoms with Gasteiger partial charge in [0.2, 0.25) is 0 Å². The number of hydrogen-bond acceptors (Lipinski definition) is 6. The summed E-state index contributed by atoms with van der Waals surface area (Å²) in [7, 11) is 0. The molecule has 0 spiro atoms. The van der Waals surface area contributed by atoms with Gasteiger partial charge in [-0.15, -0.1) is 0 Å². The van der Waals surface area contributed by atoms with Crippen molar-refractivity contribution < 1.29 is 0 Å². The lowest BCUT2D eigenvalue weighted by atomic mass is 10.1. The molecule has 1 aliphatic rings. The van der Waals surface area contributed by atoms with Gasteiger partial charge in [-0.25, -0.2) is 15.0 Å². The summed E-state index contributed by atoms with van der Waals surface area (Å²) in [5, 5.41) is 3.51. The molecule has 1 N–H and O–H groups in total. The van der Waals surface area contributed by atoms with Crippen LogP contribution in [0.3, 0.4) is 0 Å². The normalized spacial score (nSPS) is 16.6. The zero-order valence-electron chi connectivity index (χ0n) is 18.9. The zero-order chi connectivity index (χ0) is 22.1. The predicted molar refractivity (Wildman–Crippen MR) is 126 cm³/mol. The van der Waals surface area contributed by atoms with E-state index < -0.39 is 0 Å². The van der Waals surface area contributed by atoms with Gasteiger partial charge in [0.1, 0.15) is 17.3 Å². The summed E-state index contributed by atoms with van der Waals surface area (Å²) in [6, 6.07) is 11.1. The third-order valence-electron chi connectivity index (χ3n) is 5.84. The SMILES string of the molecule is Cc1cc(C)nc(Cc2nc(Cc3ccn4ccnc4c3)cc(N3CCN[C@@H](C)C3)n2)c1. The number of anilines is 1. The molecule has 1 atom stereocenters. The quantitative estimate of drug-likeness (QED) is 0.528. The average Bonchev–Trinajstić information content (AvgIpc) is 3.21. The monoisotopic (exact) mass is 427 g/mol. The molecule has 0 bridgehead atoms. The van der Waals surface area contributed by atoms with Gasteiger partial charge in [-0.3, -0.25) is 4.98 Å². The molecule has 1 fully saturated rings. The first kappa shape index (κ1) is 20.6. The molecule has 4 aromatic heterocycles. The number of rotatable bonds is 5. The molecule has 0 saturated carbocycles. The third-order valence-corrected chi connectivity index (χ3v) is 5.84. The highest BCUT2D eigenvalue weighted by molar-refractivity contribution is 5.45. The van der Waals surface area contributed by atoms with Crippen molar-refractivity contribution in [1.29, 1.82) is 0 Å². The van der Waals surface area contributed by atoms with E-state index in [1.807, 2.05) is 23.7 Å². The molecule has 0 aromatic carbocycles. The summed E-state index contributed by atoms with van der Waals surface area (Å²) in [5.41, 5.74) is 6.42. The van der Waals surface area contributed by atoms with Crippen LogP contribution in [0, 0.1) is 13.8 Å². The number of imidazole rings is 1. The minimum absolute atomic E-state index is 0.439. The molecule has 1 saturated heterocycles. The van der Waals surface area contributed by atoms with Crippen molar-refractivity contribution in [2.45, 2.75) is 39.7 Å². The van der Waals surface area contributed by atoms with Crippen LogP contribution in [0.2, 0.25) is 0 Å². The summed E-state index contributed by atoms with van der Waals surface area (Å²) < 4.78 is 2.02. The topological polar surface area (TPSA) is 71.2 Å². The van der Waals surface area contributed by atoms with E-state index in [-0.39, 0.29) is 0 Å². The van der Waals surface area contributed by atoms with Gasteiger partial charge in [0.15, 0.2) is 0 Å². The predicted octanol–water partition coefficient (Wildman–Crippen LogP) is 3.12. The number of hydrogen-bond donors (Lipinski definition) is 1. The molecule has 7 nitrogen and oxygen atoms in total. The Labute approximate surface area is 188 Å². The van der Waals surface area contributed by atoms with Gasteiger partial charge < -0.3 is 14.6 Å². The van der Waals surface area contributed by atoms with Crippen LogP contribution in [0.15, 0.2) is 48.9 Å². The Morgan fingerprint density at radius 3 is 2.72 bits per heavy atom. The molecule has 1 aliphatic heterocycles. The Morgan fingerprint density at radius 2 is 1.88 bits per heavy atom. The minimum Gasteiger partial charge on any atom is -0.354 e. The van der Waals surface area contributed by atoms with Gasteiger partial charge in [-0.2, -0.15) is 0 Å². The van der Waals surface area contributed by atoms with Crippen molar-refractivity contribution in [2.75, 3.05) is 24.5 Å². The van der Waals surface area contributed by atoms with Crippen molar-refractivity contribution in [1.82, 2.24) is 29.7 Å². The Kier molecular flexibility index (Phi) is 5.57. The lowest BCUT2D eigenvalue weighted by molar-refractivity contribution is 0.481.